The lowest BCUT2D eigenvalue weighted by Gasteiger charge is -2.25. The molecule has 5 heteroatoms. The summed E-state index contributed by atoms with van der Waals surface area (Å²) in [6.07, 6.45) is 3.75. The number of rotatable bonds is 5. The summed E-state index contributed by atoms with van der Waals surface area (Å²) in [4.78, 5) is 12.5. The van der Waals surface area contributed by atoms with Crippen molar-refractivity contribution < 1.29 is 4.79 Å². The van der Waals surface area contributed by atoms with E-state index in [0.717, 1.165) is 29.0 Å². The van der Waals surface area contributed by atoms with E-state index < -0.39 is 5.54 Å². The van der Waals surface area contributed by atoms with Crippen molar-refractivity contribution in [2.75, 3.05) is 5.75 Å². The summed E-state index contributed by atoms with van der Waals surface area (Å²) in [5.74, 6) is 0.662. The van der Waals surface area contributed by atoms with Crippen molar-refractivity contribution in [3.05, 3.63) is 52.8 Å². The predicted octanol–water partition coefficient (Wildman–Crippen LogP) is 3.09. The minimum atomic E-state index is -0.483. The highest BCUT2D eigenvalue weighted by Crippen LogP contribution is 2.20. The minimum Gasteiger partial charge on any atom is -0.343 e. The van der Waals surface area contributed by atoms with E-state index in [1.54, 1.807) is 6.20 Å². The number of aromatic nitrogens is 2. The summed E-state index contributed by atoms with van der Waals surface area (Å²) < 4.78 is 1.84. The molecule has 0 bridgehead atoms. The average Bonchev–Trinajstić information content (AvgIpc) is 2.87. The Hall–Kier alpha value is -1.75. The van der Waals surface area contributed by atoms with Gasteiger partial charge in [0.2, 0.25) is 0 Å². The number of amides is 1. The van der Waals surface area contributed by atoms with Crippen LogP contribution in [0.4, 0.5) is 0 Å². The van der Waals surface area contributed by atoms with Gasteiger partial charge in [0.05, 0.1) is 11.7 Å². The normalized spacial score (nSPS) is 11.5. The standard InChI is InChI=1S/C17H23N3OS/c1-12-7-13(2)9-14(8-12)16(21)19-17(3,4)15-10-18-20(11-15)5-6-22/h7-11,22H,5-6H2,1-4H3,(H,19,21). The Morgan fingerprint density at radius 3 is 2.50 bits per heavy atom. The predicted molar refractivity (Wildman–Crippen MR) is 92.5 cm³/mol. The molecular formula is C17H23N3OS. The van der Waals surface area contributed by atoms with Crippen LogP contribution in [0.15, 0.2) is 30.6 Å². The van der Waals surface area contributed by atoms with Crippen molar-refractivity contribution in [2.24, 2.45) is 0 Å². The van der Waals surface area contributed by atoms with Gasteiger partial charge in [-0.25, -0.2) is 0 Å². The molecule has 1 aromatic heterocycles. The van der Waals surface area contributed by atoms with E-state index in [-0.39, 0.29) is 5.91 Å². The van der Waals surface area contributed by atoms with Crippen LogP contribution in [0.3, 0.4) is 0 Å². The fraction of sp³-hybridized carbons (Fsp3) is 0.412. The van der Waals surface area contributed by atoms with Crippen molar-refractivity contribution in [1.82, 2.24) is 15.1 Å². The van der Waals surface area contributed by atoms with Crippen molar-refractivity contribution >= 4 is 18.5 Å². The lowest BCUT2D eigenvalue weighted by atomic mass is 9.96. The number of aryl methyl sites for hydroxylation is 3. The molecule has 1 N–H and O–H groups in total. The average molecular weight is 317 g/mol. The van der Waals surface area contributed by atoms with E-state index in [0.29, 0.717) is 5.56 Å². The third-order valence-electron chi connectivity index (χ3n) is 3.59. The maximum atomic E-state index is 12.5. The first kappa shape index (κ1) is 16.6. The van der Waals surface area contributed by atoms with Crippen LogP contribution in [0.5, 0.6) is 0 Å². The van der Waals surface area contributed by atoms with Crippen LogP contribution in [0.2, 0.25) is 0 Å². The summed E-state index contributed by atoms with van der Waals surface area (Å²) >= 11 is 4.21. The fourth-order valence-corrected chi connectivity index (χ4v) is 2.65. The first-order chi connectivity index (χ1) is 10.3. The summed E-state index contributed by atoms with van der Waals surface area (Å²) in [6.45, 7) is 8.71. The van der Waals surface area contributed by atoms with E-state index in [4.69, 9.17) is 0 Å². The third-order valence-corrected chi connectivity index (χ3v) is 3.79. The molecule has 0 spiro atoms. The SMILES string of the molecule is Cc1cc(C)cc(C(=O)NC(C)(C)c2cnn(CCS)c2)c1. The van der Waals surface area contributed by atoms with Gasteiger partial charge in [0.15, 0.2) is 0 Å². The van der Waals surface area contributed by atoms with Crippen molar-refractivity contribution in [2.45, 2.75) is 39.8 Å². The number of hydrogen-bond donors (Lipinski definition) is 2. The molecule has 118 valence electrons. The molecule has 1 amide bonds. The smallest absolute Gasteiger partial charge is 0.251 e. The van der Waals surface area contributed by atoms with Gasteiger partial charge in [-0.3, -0.25) is 9.48 Å². The highest BCUT2D eigenvalue weighted by atomic mass is 32.1. The molecule has 0 aliphatic heterocycles. The Balaban J connectivity index is 2.17. The molecule has 1 heterocycles. The monoisotopic (exact) mass is 317 g/mol. The Labute approximate surface area is 137 Å². The number of nitrogens with one attached hydrogen (secondary N) is 1. The molecule has 22 heavy (non-hydrogen) atoms. The number of carbonyl (C=O) groups excluding carboxylic acids is 1. The first-order valence-corrected chi connectivity index (χ1v) is 7.99. The molecule has 0 aliphatic rings. The van der Waals surface area contributed by atoms with Gasteiger partial charge < -0.3 is 5.32 Å². The first-order valence-electron chi connectivity index (χ1n) is 7.36. The maximum absolute atomic E-state index is 12.5. The van der Waals surface area contributed by atoms with Crippen LogP contribution in [0, 0.1) is 13.8 Å². The molecule has 0 saturated heterocycles. The van der Waals surface area contributed by atoms with Crippen LogP contribution in [-0.4, -0.2) is 21.4 Å². The largest absolute Gasteiger partial charge is 0.343 e. The fourth-order valence-electron chi connectivity index (χ4n) is 2.45. The van der Waals surface area contributed by atoms with Crippen molar-refractivity contribution in [1.29, 1.82) is 0 Å². The zero-order valence-corrected chi connectivity index (χ0v) is 14.4. The van der Waals surface area contributed by atoms with Crippen LogP contribution in [0.1, 0.15) is 40.9 Å². The minimum absolute atomic E-state index is 0.0706. The second kappa shape index (κ2) is 6.57. The Bertz CT molecular complexity index is 656. The molecule has 4 nitrogen and oxygen atoms in total. The third kappa shape index (κ3) is 3.91. The molecule has 1 aromatic carbocycles. The van der Waals surface area contributed by atoms with Crippen LogP contribution < -0.4 is 5.32 Å². The van der Waals surface area contributed by atoms with Gasteiger partial charge in [0, 0.05) is 29.6 Å². The molecule has 0 radical (unpaired) electrons. The molecule has 0 saturated carbocycles. The second-order valence-electron chi connectivity index (χ2n) is 6.17. The van der Waals surface area contributed by atoms with Crippen LogP contribution in [-0.2, 0) is 12.1 Å². The zero-order valence-electron chi connectivity index (χ0n) is 13.6. The lowest BCUT2D eigenvalue weighted by molar-refractivity contribution is 0.0912. The van der Waals surface area contributed by atoms with E-state index in [1.807, 2.05) is 50.7 Å². The quantitative estimate of drug-likeness (QED) is 0.833. The molecular weight excluding hydrogens is 294 g/mol. The number of nitrogens with zero attached hydrogens (tertiary/aromatic N) is 2. The highest BCUT2D eigenvalue weighted by molar-refractivity contribution is 7.80. The molecule has 0 atom stereocenters. The van der Waals surface area contributed by atoms with Gasteiger partial charge in [-0.2, -0.15) is 17.7 Å². The van der Waals surface area contributed by atoms with Gasteiger partial charge >= 0.3 is 0 Å². The summed E-state index contributed by atoms with van der Waals surface area (Å²) in [6, 6.07) is 5.87. The molecule has 0 unspecified atom stereocenters. The van der Waals surface area contributed by atoms with Gasteiger partial charge in [0.25, 0.3) is 5.91 Å². The summed E-state index contributed by atoms with van der Waals surface area (Å²) in [5, 5.41) is 7.38. The van der Waals surface area contributed by atoms with Gasteiger partial charge in [0.1, 0.15) is 0 Å². The number of thiol groups is 1. The number of benzene rings is 1. The number of carbonyl (C=O) groups is 1. The summed E-state index contributed by atoms with van der Waals surface area (Å²) in [7, 11) is 0. The van der Waals surface area contributed by atoms with Gasteiger partial charge in [-0.15, -0.1) is 0 Å². The van der Waals surface area contributed by atoms with Crippen molar-refractivity contribution in [3.63, 3.8) is 0 Å². The van der Waals surface area contributed by atoms with Gasteiger partial charge in [-0.05, 0) is 39.8 Å². The van der Waals surface area contributed by atoms with Crippen LogP contribution in [0.25, 0.3) is 0 Å². The Morgan fingerprint density at radius 2 is 1.91 bits per heavy atom. The van der Waals surface area contributed by atoms with Crippen molar-refractivity contribution in [3.8, 4) is 0 Å². The highest BCUT2D eigenvalue weighted by Gasteiger charge is 2.25. The maximum Gasteiger partial charge on any atom is 0.251 e. The lowest BCUT2D eigenvalue weighted by Crippen LogP contribution is -2.40. The zero-order chi connectivity index (χ0) is 16.3. The van der Waals surface area contributed by atoms with E-state index >= 15 is 0 Å². The molecule has 2 rings (SSSR count). The topological polar surface area (TPSA) is 46.9 Å². The van der Waals surface area contributed by atoms with E-state index in [9.17, 15) is 4.79 Å². The second-order valence-corrected chi connectivity index (χ2v) is 6.62. The molecule has 0 fully saturated rings. The Kier molecular flexibility index (Phi) is 4.96. The Morgan fingerprint density at radius 1 is 1.27 bits per heavy atom. The van der Waals surface area contributed by atoms with E-state index in [1.165, 1.54) is 0 Å². The van der Waals surface area contributed by atoms with E-state index in [2.05, 4.69) is 29.1 Å². The number of hydrogen-bond acceptors (Lipinski definition) is 3. The summed E-state index contributed by atoms with van der Waals surface area (Å²) in [5.41, 5.74) is 3.36. The van der Waals surface area contributed by atoms with Gasteiger partial charge in [-0.1, -0.05) is 17.2 Å². The van der Waals surface area contributed by atoms with Crippen LogP contribution >= 0.6 is 12.6 Å². The molecule has 0 aliphatic carbocycles. The molecule has 2 aromatic rings.